The Hall–Kier alpha value is -3.75. The Labute approximate surface area is 241 Å². The van der Waals surface area contributed by atoms with Gasteiger partial charge in [-0.1, -0.05) is 11.6 Å². The van der Waals surface area contributed by atoms with Crippen molar-refractivity contribution in [1.82, 2.24) is 9.80 Å². The van der Waals surface area contributed by atoms with Crippen LogP contribution in [-0.4, -0.2) is 103 Å². The van der Waals surface area contributed by atoms with E-state index in [1.807, 2.05) is 0 Å². The summed E-state index contributed by atoms with van der Waals surface area (Å²) in [6.45, 7) is 10.7. The van der Waals surface area contributed by atoms with Crippen LogP contribution in [0.3, 0.4) is 0 Å². The molecule has 14 nitrogen and oxygen atoms in total. The molecule has 0 saturated carbocycles. The van der Waals surface area contributed by atoms with Crippen LogP contribution in [0.25, 0.3) is 0 Å². The second-order valence-electron chi connectivity index (χ2n) is 8.61. The smallest absolute Gasteiger partial charge is 0.413 e. The number of hydrogen-bond acceptors (Lipinski definition) is 11. The summed E-state index contributed by atoms with van der Waals surface area (Å²) in [4.78, 5) is 47.8. The van der Waals surface area contributed by atoms with Gasteiger partial charge in [0.1, 0.15) is 11.5 Å². The Balaban J connectivity index is 0.000000237. The van der Waals surface area contributed by atoms with E-state index in [9.17, 15) is 19.2 Å². The van der Waals surface area contributed by atoms with Gasteiger partial charge in [-0.25, -0.2) is 19.2 Å². The molecule has 0 bridgehead atoms. The number of halogens is 1. The zero-order chi connectivity index (χ0) is 30.4. The highest BCUT2D eigenvalue weighted by Gasteiger charge is 2.23. The maximum Gasteiger partial charge on any atom is 0.413 e. The normalized spacial score (nSPS) is 16.1. The molecule has 2 saturated heterocycles. The summed E-state index contributed by atoms with van der Waals surface area (Å²) in [6, 6.07) is 6.20. The maximum absolute atomic E-state index is 11.8. The molecule has 41 heavy (non-hydrogen) atoms. The van der Waals surface area contributed by atoms with Gasteiger partial charge in [-0.05, 0) is 45.0 Å². The van der Waals surface area contributed by atoms with E-state index in [0.29, 0.717) is 64.1 Å². The maximum atomic E-state index is 11.8. The number of aromatic carboxylic acids is 1. The Morgan fingerprint density at radius 1 is 0.756 bits per heavy atom. The van der Waals surface area contributed by atoms with E-state index < -0.39 is 29.9 Å². The number of furan rings is 2. The largest absolute Gasteiger partial charge is 0.475 e. The number of carbonyl (C=O) groups excluding carboxylic acids is 3. The topological polar surface area (TPSA) is 167 Å². The average Bonchev–Trinajstić information content (AvgIpc) is 3.58. The third-order valence-electron chi connectivity index (χ3n) is 5.23. The number of aryl methyl sites for hydroxylation is 2. The number of carbonyl (C=O) groups is 4. The predicted molar refractivity (Wildman–Crippen MR) is 142 cm³/mol. The molecule has 2 unspecified atom stereocenters. The number of rotatable bonds is 5. The molecule has 228 valence electrons. The molecular formula is C26H35ClN2O12. The lowest BCUT2D eigenvalue weighted by Gasteiger charge is -2.27. The number of morpholine rings is 2. The van der Waals surface area contributed by atoms with Crippen LogP contribution in [0.4, 0.5) is 9.59 Å². The van der Waals surface area contributed by atoms with Crippen LogP contribution in [0.5, 0.6) is 0 Å². The van der Waals surface area contributed by atoms with Gasteiger partial charge in [0.25, 0.3) is 0 Å². The van der Waals surface area contributed by atoms with Gasteiger partial charge in [0, 0.05) is 33.1 Å². The fourth-order valence-corrected chi connectivity index (χ4v) is 3.32. The first-order chi connectivity index (χ1) is 19.5. The van der Waals surface area contributed by atoms with Gasteiger partial charge < -0.3 is 47.4 Å². The third kappa shape index (κ3) is 12.5. The number of amides is 2. The van der Waals surface area contributed by atoms with Gasteiger partial charge in [-0.3, -0.25) is 0 Å². The zero-order valence-electron chi connectivity index (χ0n) is 23.3. The van der Waals surface area contributed by atoms with Gasteiger partial charge >= 0.3 is 24.1 Å². The van der Waals surface area contributed by atoms with Gasteiger partial charge in [0.2, 0.25) is 17.8 Å². The van der Waals surface area contributed by atoms with E-state index in [1.54, 1.807) is 37.8 Å². The van der Waals surface area contributed by atoms with Crippen molar-refractivity contribution in [1.29, 1.82) is 0 Å². The first kappa shape index (κ1) is 33.5. The molecule has 0 aliphatic carbocycles. The van der Waals surface area contributed by atoms with Crippen LogP contribution in [-0.2, 0) is 23.7 Å². The minimum atomic E-state index is -1.02. The molecule has 4 heterocycles. The molecule has 2 aliphatic heterocycles. The minimum absolute atomic E-state index is 0.00694. The molecule has 0 aromatic carbocycles. The Morgan fingerprint density at radius 3 is 1.56 bits per heavy atom. The van der Waals surface area contributed by atoms with Gasteiger partial charge in [-0.2, -0.15) is 0 Å². The highest BCUT2D eigenvalue weighted by atomic mass is 35.5. The van der Waals surface area contributed by atoms with E-state index in [4.69, 9.17) is 49.2 Å². The SMILES string of the molecule is CC(Cl)OC(=O)N1CCOCC1.Cc1ccc(C(=O)O)o1.Cc1ccc(C(=O)OC(C)OC(=O)N2CCOCC2)o1. The van der Waals surface area contributed by atoms with Crippen molar-refractivity contribution < 1.29 is 56.8 Å². The molecule has 0 spiro atoms. The molecule has 2 amide bonds. The van der Waals surface area contributed by atoms with Crippen molar-refractivity contribution in [2.24, 2.45) is 0 Å². The number of hydrogen-bond donors (Lipinski definition) is 1. The first-order valence-electron chi connectivity index (χ1n) is 12.7. The number of ether oxygens (including phenoxy) is 5. The van der Waals surface area contributed by atoms with E-state index in [1.165, 1.54) is 24.0 Å². The Bertz CT molecular complexity index is 1120. The lowest BCUT2D eigenvalue weighted by Crippen LogP contribution is -2.42. The molecular weight excluding hydrogens is 568 g/mol. The van der Waals surface area contributed by atoms with Gasteiger partial charge in [0.05, 0.1) is 26.4 Å². The van der Waals surface area contributed by atoms with E-state index >= 15 is 0 Å². The second kappa shape index (κ2) is 17.1. The molecule has 2 fully saturated rings. The lowest BCUT2D eigenvalue weighted by atomic mass is 10.4. The number of carboxylic acids is 1. The highest BCUT2D eigenvalue weighted by Crippen LogP contribution is 2.11. The Morgan fingerprint density at radius 2 is 1.20 bits per heavy atom. The first-order valence-corrected chi connectivity index (χ1v) is 13.2. The molecule has 1 N–H and O–H groups in total. The van der Waals surface area contributed by atoms with Crippen molar-refractivity contribution in [2.45, 2.75) is 39.5 Å². The molecule has 2 aromatic heterocycles. The lowest BCUT2D eigenvalue weighted by molar-refractivity contribution is -0.0767. The van der Waals surface area contributed by atoms with Crippen molar-refractivity contribution >= 4 is 35.7 Å². The summed E-state index contributed by atoms with van der Waals surface area (Å²) in [5.41, 5.74) is -0.569. The van der Waals surface area contributed by atoms with Crippen LogP contribution in [0.15, 0.2) is 33.1 Å². The third-order valence-corrected chi connectivity index (χ3v) is 5.32. The van der Waals surface area contributed by atoms with E-state index in [-0.39, 0.29) is 17.6 Å². The number of carboxylic acid groups (broad SMARTS) is 1. The quantitative estimate of drug-likeness (QED) is 0.298. The van der Waals surface area contributed by atoms with Crippen molar-refractivity contribution in [3.63, 3.8) is 0 Å². The molecule has 4 rings (SSSR count). The zero-order valence-corrected chi connectivity index (χ0v) is 24.1. The monoisotopic (exact) mass is 602 g/mol. The van der Waals surface area contributed by atoms with Crippen LogP contribution in [0, 0.1) is 13.8 Å². The number of nitrogens with zero attached hydrogens (tertiary/aromatic N) is 2. The summed E-state index contributed by atoms with van der Waals surface area (Å²) in [5.74, 6) is -0.393. The molecule has 2 aliphatic rings. The second-order valence-corrected chi connectivity index (χ2v) is 9.22. The van der Waals surface area contributed by atoms with Crippen LogP contribution in [0.1, 0.15) is 46.5 Å². The van der Waals surface area contributed by atoms with Crippen LogP contribution in [0.2, 0.25) is 0 Å². The van der Waals surface area contributed by atoms with Crippen molar-refractivity contribution in [2.75, 3.05) is 52.6 Å². The highest BCUT2D eigenvalue weighted by molar-refractivity contribution is 6.19. The fraction of sp³-hybridized carbons (Fsp3) is 0.538. The molecule has 0 radical (unpaired) electrons. The Kier molecular flexibility index (Phi) is 14.0. The predicted octanol–water partition coefficient (Wildman–Crippen LogP) is 3.89. The van der Waals surface area contributed by atoms with Crippen molar-refractivity contribution in [3.05, 3.63) is 47.3 Å². The summed E-state index contributed by atoms with van der Waals surface area (Å²) in [5, 5.41) is 8.30. The summed E-state index contributed by atoms with van der Waals surface area (Å²) in [7, 11) is 0. The van der Waals surface area contributed by atoms with Gasteiger partial charge in [-0.15, -0.1) is 0 Å². The average molecular weight is 603 g/mol. The van der Waals surface area contributed by atoms with Crippen LogP contribution < -0.4 is 0 Å². The van der Waals surface area contributed by atoms with Crippen molar-refractivity contribution in [3.8, 4) is 0 Å². The van der Waals surface area contributed by atoms with E-state index in [2.05, 4.69) is 0 Å². The van der Waals surface area contributed by atoms with E-state index in [0.717, 1.165) is 0 Å². The summed E-state index contributed by atoms with van der Waals surface area (Å²) in [6.07, 6.45) is -1.87. The molecule has 2 aromatic rings. The standard InChI is InChI=1S/C13H17NO6.C7H12ClNO3.C6H6O3/c1-9-3-4-11(18-9)12(15)19-10(2)20-13(16)14-5-7-17-8-6-14;1-6(8)12-7(10)9-2-4-11-5-3-9;1-4-2-3-5(9-4)6(7)8/h3-4,10H,5-8H2,1-2H3;6H,2-5H2,1H3;2-3H,1H3,(H,7,8). The van der Waals surface area contributed by atoms with Crippen LogP contribution >= 0.6 is 11.6 Å². The fourth-order valence-electron chi connectivity index (χ4n) is 3.25. The van der Waals surface area contributed by atoms with Gasteiger partial charge in [0.15, 0.2) is 5.56 Å². The summed E-state index contributed by atoms with van der Waals surface area (Å²) < 4.78 is 34.9. The summed E-state index contributed by atoms with van der Waals surface area (Å²) >= 11 is 5.49. The molecule has 2 atom stereocenters. The molecule has 15 heteroatoms. The number of esters is 1. The number of alkyl halides is 1. The minimum Gasteiger partial charge on any atom is -0.475 e.